The molecule has 0 aliphatic rings. The first-order valence-electron chi connectivity index (χ1n) is 5.51. The van der Waals surface area contributed by atoms with E-state index in [0.717, 1.165) is 11.3 Å². The molecule has 0 heterocycles. The minimum Gasteiger partial charge on any atom is -0.359 e. The third-order valence-corrected chi connectivity index (χ3v) is 2.26. The maximum absolute atomic E-state index is 11.5. The summed E-state index contributed by atoms with van der Waals surface area (Å²) in [6.07, 6.45) is 1.35. The largest absolute Gasteiger partial charge is 0.359 e. The molecule has 0 unspecified atom stereocenters. The van der Waals surface area contributed by atoms with Gasteiger partial charge in [-0.3, -0.25) is 4.79 Å². The van der Waals surface area contributed by atoms with Gasteiger partial charge in [0.2, 0.25) is 6.41 Å². The summed E-state index contributed by atoms with van der Waals surface area (Å²) in [5.74, 6) is 0. The molecule has 1 aromatic carbocycles. The Kier molecular flexibility index (Phi) is 5.57. The van der Waals surface area contributed by atoms with Gasteiger partial charge in [-0.05, 0) is 25.0 Å². The first-order valence-corrected chi connectivity index (χ1v) is 5.51. The van der Waals surface area contributed by atoms with Gasteiger partial charge in [-0.1, -0.05) is 18.2 Å². The fourth-order valence-electron chi connectivity index (χ4n) is 1.33. The van der Waals surface area contributed by atoms with E-state index < -0.39 is 0 Å². The van der Waals surface area contributed by atoms with Gasteiger partial charge in [0.05, 0.1) is 0 Å². The van der Waals surface area contributed by atoms with Crippen LogP contribution in [0.15, 0.2) is 24.3 Å². The normalized spacial score (nSPS) is 9.47. The molecule has 0 spiro atoms. The molecule has 1 rings (SSSR count). The summed E-state index contributed by atoms with van der Waals surface area (Å²) in [5, 5.41) is 8.00. The molecule has 0 bridgehead atoms. The molecule has 0 radical (unpaired) electrons. The summed E-state index contributed by atoms with van der Waals surface area (Å²) in [5.41, 5.74) is 1.82. The molecule has 0 saturated carbocycles. The quantitative estimate of drug-likeness (QED) is 0.513. The second kappa shape index (κ2) is 7.27. The summed E-state index contributed by atoms with van der Waals surface area (Å²) in [7, 11) is 0. The average Bonchev–Trinajstić information content (AvgIpc) is 2.32. The number of urea groups is 1. The van der Waals surface area contributed by atoms with Gasteiger partial charge >= 0.3 is 6.03 Å². The van der Waals surface area contributed by atoms with Crippen LogP contribution in [-0.4, -0.2) is 25.5 Å². The molecule has 0 aliphatic heterocycles. The smallest absolute Gasteiger partial charge is 0.319 e. The maximum atomic E-state index is 11.5. The zero-order valence-corrected chi connectivity index (χ0v) is 9.82. The highest BCUT2D eigenvalue weighted by Gasteiger charge is 2.02. The van der Waals surface area contributed by atoms with E-state index in [9.17, 15) is 9.59 Å². The number of anilines is 1. The molecular weight excluding hydrogens is 218 g/mol. The number of amides is 3. The van der Waals surface area contributed by atoms with Gasteiger partial charge in [0.15, 0.2) is 0 Å². The van der Waals surface area contributed by atoms with Gasteiger partial charge in [-0.2, -0.15) is 0 Å². The number of hydrogen-bond acceptors (Lipinski definition) is 2. The third-order valence-electron chi connectivity index (χ3n) is 2.26. The Morgan fingerprint density at radius 2 is 2.06 bits per heavy atom. The van der Waals surface area contributed by atoms with Crippen molar-refractivity contribution in [2.75, 3.05) is 18.4 Å². The summed E-state index contributed by atoms with van der Waals surface area (Å²) < 4.78 is 0. The monoisotopic (exact) mass is 235 g/mol. The highest BCUT2D eigenvalue weighted by Crippen LogP contribution is 2.12. The van der Waals surface area contributed by atoms with Crippen LogP contribution in [0.4, 0.5) is 10.5 Å². The van der Waals surface area contributed by atoms with Gasteiger partial charge in [0, 0.05) is 18.8 Å². The zero-order valence-electron chi connectivity index (χ0n) is 9.82. The van der Waals surface area contributed by atoms with Crippen LogP contribution in [0.2, 0.25) is 0 Å². The second-order valence-corrected chi connectivity index (χ2v) is 3.62. The lowest BCUT2D eigenvalue weighted by atomic mass is 10.2. The molecule has 5 nitrogen and oxygen atoms in total. The van der Waals surface area contributed by atoms with Crippen molar-refractivity contribution in [1.29, 1.82) is 0 Å². The van der Waals surface area contributed by atoms with Crippen LogP contribution >= 0.6 is 0 Å². The summed E-state index contributed by atoms with van der Waals surface area (Å²) in [6.45, 7) is 3.02. The molecule has 1 aromatic rings. The molecule has 5 heteroatoms. The van der Waals surface area contributed by atoms with Crippen molar-refractivity contribution in [1.82, 2.24) is 10.6 Å². The van der Waals surface area contributed by atoms with Crippen molar-refractivity contribution in [2.24, 2.45) is 0 Å². The molecule has 0 aromatic heterocycles. The van der Waals surface area contributed by atoms with Gasteiger partial charge in [0.1, 0.15) is 0 Å². The van der Waals surface area contributed by atoms with E-state index in [4.69, 9.17) is 0 Å². The van der Waals surface area contributed by atoms with Gasteiger partial charge in [-0.25, -0.2) is 4.79 Å². The number of hydrogen-bond donors (Lipinski definition) is 3. The zero-order chi connectivity index (χ0) is 12.5. The number of para-hydroxylation sites is 1. The minimum atomic E-state index is -0.231. The van der Waals surface area contributed by atoms with Crippen molar-refractivity contribution < 1.29 is 9.59 Å². The van der Waals surface area contributed by atoms with Crippen LogP contribution in [0.1, 0.15) is 12.0 Å². The van der Waals surface area contributed by atoms with Crippen LogP contribution < -0.4 is 16.0 Å². The molecule has 3 N–H and O–H groups in total. The standard InChI is InChI=1S/C12H17N3O2/c1-10-5-2-3-6-11(10)15-12(17)14-8-4-7-13-9-16/h2-3,5-6,9H,4,7-8H2,1H3,(H,13,16)(H2,14,15,17). The lowest BCUT2D eigenvalue weighted by molar-refractivity contribution is -0.109. The molecule has 0 aliphatic carbocycles. The number of nitrogens with one attached hydrogen (secondary N) is 3. The van der Waals surface area contributed by atoms with Crippen LogP contribution in [0.25, 0.3) is 0 Å². The molecule has 0 fully saturated rings. The summed E-state index contributed by atoms with van der Waals surface area (Å²) in [6, 6.07) is 7.34. The van der Waals surface area contributed by atoms with Crippen LogP contribution in [-0.2, 0) is 4.79 Å². The van der Waals surface area contributed by atoms with E-state index >= 15 is 0 Å². The number of rotatable bonds is 6. The molecule has 92 valence electrons. The first-order chi connectivity index (χ1) is 8.24. The minimum absolute atomic E-state index is 0.231. The fourth-order valence-corrected chi connectivity index (χ4v) is 1.33. The summed E-state index contributed by atoms with van der Waals surface area (Å²) >= 11 is 0. The van der Waals surface area contributed by atoms with Gasteiger partial charge in [0.25, 0.3) is 0 Å². The Hall–Kier alpha value is -2.04. The second-order valence-electron chi connectivity index (χ2n) is 3.62. The molecule has 0 atom stereocenters. The predicted octanol–water partition coefficient (Wildman–Crippen LogP) is 1.25. The Labute approximate surface area is 101 Å². The van der Waals surface area contributed by atoms with Crippen LogP contribution in [0.3, 0.4) is 0 Å². The van der Waals surface area contributed by atoms with E-state index in [1.165, 1.54) is 0 Å². The van der Waals surface area contributed by atoms with Crippen molar-refractivity contribution >= 4 is 18.1 Å². The van der Waals surface area contributed by atoms with E-state index in [2.05, 4.69) is 16.0 Å². The number of aryl methyl sites for hydroxylation is 1. The number of benzene rings is 1. The number of carbonyl (C=O) groups is 2. The Morgan fingerprint density at radius 3 is 2.76 bits per heavy atom. The predicted molar refractivity (Wildman–Crippen MR) is 66.9 cm³/mol. The Morgan fingerprint density at radius 1 is 1.29 bits per heavy atom. The fraction of sp³-hybridized carbons (Fsp3) is 0.333. The molecule has 17 heavy (non-hydrogen) atoms. The van der Waals surface area contributed by atoms with E-state index in [-0.39, 0.29) is 6.03 Å². The van der Waals surface area contributed by atoms with Crippen molar-refractivity contribution in [2.45, 2.75) is 13.3 Å². The molecular formula is C12H17N3O2. The Bertz CT molecular complexity index is 380. The van der Waals surface area contributed by atoms with Crippen LogP contribution in [0.5, 0.6) is 0 Å². The highest BCUT2D eigenvalue weighted by atomic mass is 16.2. The lowest BCUT2D eigenvalue weighted by Gasteiger charge is -2.09. The van der Waals surface area contributed by atoms with E-state index in [0.29, 0.717) is 25.9 Å². The molecule has 3 amide bonds. The van der Waals surface area contributed by atoms with Gasteiger partial charge < -0.3 is 16.0 Å². The van der Waals surface area contributed by atoms with E-state index in [1.54, 1.807) is 0 Å². The molecule has 0 saturated heterocycles. The van der Waals surface area contributed by atoms with Crippen molar-refractivity contribution in [3.8, 4) is 0 Å². The Balaban J connectivity index is 2.25. The third kappa shape index (κ3) is 5.01. The number of carbonyl (C=O) groups excluding carboxylic acids is 2. The average molecular weight is 235 g/mol. The van der Waals surface area contributed by atoms with Crippen LogP contribution in [0, 0.1) is 6.92 Å². The topological polar surface area (TPSA) is 70.2 Å². The SMILES string of the molecule is Cc1ccccc1NC(=O)NCCCNC=O. The van der Waals surface area contributed by atoms with Crippen molar-refractivity contribution in [3.63, 3.8) is 0 Å². The maximum Gasteiger partial charge on any atom is 0.319 e. The highest BCUT2D eigenvalue weighted by molar-refractivity contribution is 5.89. The van der Waals surface area contributed by atoms with Crippen molar-refractivity contribution in [3.05, 3.63) is 29.8 Å². The van der Waals surface area contributed by atoms with Gasteiger partial charge in [-0.15, -0.1) is 0 Å². The van der Waals surface area contributed by atoms with E-state index in [1.807, 2.05) is 31.2 Å². The summed E-state index contributed by atoms with van der Waals surface area (Å²) in [4.78, 5) is 21.5. The first kappa shape index (κ1) is 13.0. The lowest BCUT2D eigenvalue weighted by Crippen LogP contribution is -2.31.